The molecular formula is C15H15BrClN9O5. The summed E-state index contributed by atoms with van der Waals surface area (Å²) in [5, 5.41) is 27.3. The minimum atomic E-state index is -0.726. The number of nitro groups is 1. The minimum absolute atomic E-state index is 0.0907. The van der Waals surface area contributed by atoms with Crippen LogP contribution in [0.5, 0.6) is 0 Å². The van der Waals surface area contributed by atoms with Crippen molar-refractivity contribution in [3.05, 3.63) is 49.4 Å². The second-order valence-electron chi connectivity index (χ2n) is 6.12. The summed E-state index contributed by atoms with van der Waals surface area (Å²) < 4.78 is 8.40. The van der Waals surface area contributed by atoms with Gasteiger partial charge in [0, 0.05) is 19.3 Å². The predicted octanol–water partition coefficient (Wildman–Crippen LogP) is 0.690. The monoisotopic (exact) mass is 515 g/mol. The lowest BCUT2D eigenvalue weighted by Crippen LogP contribution is -2.36. The Balaban J connectivity index is 1.42. The van der Waals surface area contributed by atoms with E-state index in [4.69, 9.17) is 16.1 Å². The minimum Gasteiger partial charge on any atom is -0.358 e. The molecule has 0 aliphatic carbocycles. The summed E-state index contributed by atoms with van der Waals surface area (Å²) in [4.78, 5) is 38.2. The van der Waals surface area contributed by atoms with Crippen LogP contribution >= 0.6 is 27.5 Å². The summed E-state index contributed by atoms with van der Waals surface area (Å²) in [6.07, 6.45) is 3.32. The number of aromatic nitrogens is 6. The van der Waals surface area contributed by atoms with E-state index in [1.165, 1.54) is 6.92 Å². The van der Waals surface area contributed by atoms with Crippen LogP contribution in [0.1, 0.15) is 22.2 Å². The molecule has 2 N–H and O–H groups in total. The van der Waals surface area contributed by atoms with Crippen LogP contribution in [-0.2, 0) is 17.9 Å². The third kappa shape index (κ3) is 5.64. The second kappa shape index (κ2) is 9.65. The highest BCUT2D eigenvalue weighted by molar-refractivity contribution is 9.10. The number of nitrogens with one attached hydrogen (secondary N) is 2. The zero-order valence-corrected chi connectivity index (χ0v) is 18.3. The van der Waals surface area contributed by atoms with Crippen LogP contribution in [0.25, 0.3) is 0 Å². The van der Waals surface area contributed by atoms with E-state index < -0.39 is 22.6 Å². The Morgan fingerprint density at radius 1 is 1.35 bits per heavy atom. The van der Waals surface area contributed by atoms with Crippen molar-refractivity contribution in [1.29, 1.82) is 0 Å². The van der Waals surface area contributed by atoms with Gasteiger partial charge in [-0.15, -0.1) is 0 Å². The molecule has 164 valence electrons. The first-order valence-corrected chi connectivity index (χ1v) is 9.84. The van der Waals surface area contributed by atoms with E-state index in [1.54, 1.807) is 17.1 Å². The molecule has 3 heterocycles. The lowest BCUT2D eigenvalue weighted by molar-refractivity contribution is -0.389. The number of rotatable bonds is 9. The first kappa shape index (κ1) is 22.4. The molecule has 3 aromatic heterocycles. The first-order valence-electron chi connectivity index (χ1n) is 8.67. The Hall–Kier alpha value is -3.33. The Kier molecular flexibility index (Phi) is 6.96. The van der Waals surface area contributed by atoms with Crippen LogP contribution in [0.15, 0.2) is 21.4 Å². The van der Waals surface area contributed by atoms with Crippen molar-refractivity contribution in [3.63, 3.8) is 0 Å². The van der Waals surface area contributed by atoms with Crippen LogP contribution in [0.2, 0.25) is 5.02 Å². The SMILES string of the molecule is Cc1c(Cl)c([N+](=O)[O-])nn1CC(=O)NCCNC(=O)c1nc(Cn2cc(Br)cn2)no1. The van der Waals surface area contributed by atoms with Crippen molar-refractivity contribution in [3.8, 4) is 0 Å². The number of carbonyl (C=O) groups is 2. The third-order valence-electron chi connectivity index (χ3n) is 3.88. The smallest absolute Gasteiger partial charge is 0.358 e. The highest BCUT2D eigenvalue weighted by atomic mass is 79.9. The average molecular weight is 517 g/mol. The van der Waals surface area contributed by atoms with E-state index in [0.29, 0.717) is 5.69 Å². The van der Waals surface area contributed by atoms with Gasteiger partial charge in [0.2, 0.25) is 5.91 Å². The molecule has 0 saturated heterocycles. The molecule has 0 spiro atoms. The fourth-order valence-corrected chi connectivity index (χ4v) is 2.94. The Labute approximate surface area is 187 Å². The maximum absolute atomic E-state index is 12.1. The van der Waals surface area contributed by atoms with Gasteiger partial charge in [0.1, 0.15) is 13.1 Å². The van der Waals surface area contributed by atoms with Crippen molar-refractivity contribution >= 4 is 45.2 Å². The lowest BCUT2D eigenvalue weighted by Gasteiger charge is -2.05. The van der Waals surface area contributed by atoms with Crippen LogP contribution in [0, 0.1) is 17.0 Å². The maximum atomic E-state index is 12.1. The number of nitrogens with zero attached hydrogens (tertiary/aromatic N) is 7. The number of halogens is 2. The van der Waals surface area contributed by atoms with Crippen molar-refractivity contribution in [2.45, 2.75) is 20.0 Å². The quantitative estimate of drug-likeness (QED) is 0.235. The molecule has 16 heteroatoms. The zero-order chi connectivity index (χ0) is 22.5. The van der Waals surface area contributed by atoms with Gasteiger partial charge < -0.3 is 25.3 Å². The Bertz CT molecular complexity index is 1120. The summed E-state index contributed by atoms with van der Waals surface area (Å²) >= 11 is 9.10. The van der Waals surface area contributed by atoms with E-state index in [-0.39, 0.29) is 42.9 Å². The van der Waals surface area contributed by atoms with Gasteiger partial charge in [-0.25, -0.2) is 0 Å². The van der Waals surface area contributed by atoms with Gasteiger partial charge in [0.15, 0.2) is 10.8 Å². The summed E-state index contributed by atoms with van der Waals surface area (Å²) in [5.74, 6) is -1.52. The largest absolute Gasteiger partial charge is 0.408 e. The lowest BCUT2D eigenvalue weighted by atomic mass is 10.4. The van der Waals surface area contributed by atoms with Gasteiger partial charge in [0.25, 0.3) is 0 Å². The van der Waals surface area contributed by atoms with Crippen molar-refractivity contribution in [2.24, 2.45) is 0 Å². The number of hydrogen-bond donors (Lipinski definition) is 2. The van der Waals surface area contributed by atoms with Gasteiger partial charge in [-0.1, -0.05) is 16.8 Å². The Morgan fingerprint density at radius 2 is 2.10 bits per heavy atom. The van der Waals surface area contributed by atoms with E-state index in [9.17, 15) is 19.7 Å². The number of carbonyl (C=O) groups excluding carboxylic acids is 2. The fraction of sp³-hybridized carbons (Fsp3) is 0.333. The average Bonchev–Trinajstić information content (AvgIpc) is 3.42. The van der Waals surface area contributed by atoms with Crippen molar-refractivity contribution in [2.75, 3.05) is 13.1 Å². The van der Waals surface area contributed by atoms with Crippen LogP contribution < -0.4 is 10.6 Å². The molecule has 3 aromatic rings. The maximum Gasteiger partial charge on any atom is 0.408 e. The molecule has 0 aromatic carbocycles. The van der Waals surface area contributed by atoms with Gasteiger partial charge in [-0.2, -0.15) is 14.8 Å². The predicted molar refractivity (Wildman–Crippen MR) is 107 cm³/mol. The van der Waals surface area contributed by atoms with Gasteiger partial charge in [0.05, 0.1) is 21.5 Å². The van der Waals surface area contributed by atoms with Gasteiger partial charge in [-0.3, -0.25) is 14.3 Å². The van der Waals surface area contributed by atoms with Crippen LogP contribution in [0.4, 0.5) is 5.82 Å². The molecule has 3 rings (SSSR count). The normalized spacial score (nSPS) is 10.8. The van der Waals surface area contributed by atoms with E-state index in [2.05, 4.69) is 46.9 Å². The van der Waals surface area contributed by atoms with Crippen molar-refractivity contribution < 1.29 is 19.0 Å². The number of amides is 2. The molecule has 0 bridgehead atoms. The second-order valence-corrected chi connectivity index (χ2v) is 7.41. The summed E-state index contributed by atoms with van der Waals surface area (Å²) in [6, 6.07) is 0. The summed E-state index contributed by atoms with van der Waals surface area (Å²) in [6.45, 7) is 1.67. The highest BCUT2D eigenvalue weighted by Gasteiger charge is 2.25. The summed E-state index contributed by atoms with van der Waals surface area (Å²) in [5.41, 5.74) is 0.298. The van der Waals surface area contributed by atoms with Crippen LogP contribution in [0.3, 0.4) is 0 Å². The molecular weight excluding hydrogens is 502 g/mol. The molecule has 0 fully saturated rings. The molecule has 0 aliphatic heterocycles. The third-order valence-corrected chi connectivity index (χ3v) is 4.74. The molecule has 0 atom stereocenters. The fourth-order valence-electron chi connectivity index (χ4n) is 2.40. The summed E-state index contributed by atoms with van der Waals surface area (Å²) in [7, 11) is 0. The molecule has 31 heavy (non-hydrogen) atoms. The molecule has 0 unspecified atom stereocenters. The van der Waals surface area contributed by atoms with E-state index in [0.717, 1.165) is 9.15 Å². The molecule has 2 amide bonds. The van der Waals surface area contributed by atoms with Gasteiger partial charge in [-0.05, 0) is 27.8 Å². The zero-order valence-electron chi connectivity index (χ0n) is 15.9. The molecule has 0 radical (unpaired) electrons. The first-order chi connectivity index (χ1) is 14.7. The highest BCUT2D eigenvalue weighted by Crippen LogP contribution is 2.26. The van der Waals surface area contributed by atoms with Crippen LogP contribution in [-0.4, -0.2) is 59.5 Å². The van der Waals surface area contributed by atoms with E-state index in [1.807, 2.05) is 0 Å². The molecule has 14 nitrogen and oxygen atoms in total. The number of hydrogen-bond acceptors (Lipinski definition) is 9. The Morgan fingerprint density at radius 3 is 2.74 bits per heavy atom. The van der Waals surface area contributed by atoms with Gasteiger partial charge >= 0.3 is 17.6 Å². The molecule has 0 saturated carbocycles. The van der Waals surface area contributed by atoms with Crippen molar-refractivity contribution in [1.82, 2.24) is 40.3 Å². The standard InChI is InChI=1S/C15H15BrClN9O5/c1-8-12(17)13(26(29)30)22-25(8)7-11(27)18-2-3-19-14(28)15-21-10(23-31-15)6-24-5-9(16)4-20-24/h4-5H,2-3,6-7H2,1H3,(H,18,27)(H,19,28). The van der Waals surface area contributed by atoms with E-state index >= 15 is 0 Å². The molecule has 0 aliphatic rings. The topological polar surface area (TPSA) is 176 Å².